The van der Waals surface area contributed by atoms with Crippen molar-refractivity contribution in [2.45, 2.75) is 48.1 Å². The number of hydrogen-bond acceptors (Lipinski definition) is 5. The lowest BCUT2D eigenvalue weighted by Crippen LogP contribution is -2.55. The zero-order valence-electron chi connectivity index (χ0n) is 9.07. The number of hydrogen-bond donors (Lipinski definition) is 4. The quantitative estimate of drug-likeness (QED) is 0.531. The van der Waals surface area contributed by atoms with Crippen molar-refractivity contribution in [3.63, 3.8) is 0 Å². The molecule has 1 aliphatic heterocycles. The van der Waals surface area contributed by atoms with Gasteiger partial charge in [-0.25, -0.2) is 0 Å². The molecule has 0 amide bonds. The Bertz CT molecular complexity index is 230. The lowest BCUT2D eigenvalue weighted by atomic mass is 9.92. The molecule has 6 atom stereocenters. The largest absolute Gasteiger partial charge is 0.395 e. The molecule has 1 unspecified atom stereocenters. The van der Waals surface area contributed by atoms with E-state index in [1.165, 1.54) is 11.8 Å². The molecule has 0 aromatic carbocycles. The molecule has 4 N–H and O–H groups in total. The summed E-state index contributed by atoms with van der Waals surface area (Å²) in [6.45, 7) is -0.164. The normalized spacial score (nSPS) is 46.1. The molecule has 2 aliphatic rings. The summed E-state index contributed by atoms with van der Waals surface area (Å²) in [5.41, 5.74) is 0. The van der Waals surface area contributed by atoms with Crippen LogP contribution in [0.25, 0.3) is 0 Å². The predicted molar refractivity (Wildman–Crippen MR) is 61.9 cm³/mol. The van der Waals surface area contributed by atoms with Gasteiger partial charge in [0.2, 0.25) is 0 Å². The summed E-state index contributed by atoms with van der Waals surface area (Å²) in [7, 11) is 0. The SMILES string of the molecule is OC[C@H]1S[C@@H](C2C[CH]CC2)[C@H](O)[C@@H](O)[C@H]1O. The fraction of sp³-hybridized carbons (Fsp3) is 0.909. The highest BCUT2D eigenvalue weighted by Gasteiger charge is 2.46. The Balaban J connectivity index is 2.06. The van der Waals surface area contributed by atoms with Gasteiger partial charge < -0.3 is 20.4 Å². The van der Waals surface area contributed by atoms with Gasteiger partial charge >= 0.3 is 0 Å². The maximum absolute atomic E-state index is 9.96. The van der Waals surface area contributed by atoms with Gasteiger partial charge in [-0.1, -0.05) is 0 Å². The summed E-state index contributed by atoms with van der Waals surface area (Å²) in [5.74, 6) is 0.358. The lowest BCUT2D eigenvalue weighted by molar-refractivity contribution is -0.0742. The van der Waals surface area contributed by atoms with Crippen LogP contribution in [0.4, 0.5) is 0 Å². The summed E-state index contributed by atoms with van der Waals surface area (Å²) in [4.78, 5) is 0. The Morgan fingerprint density at radius 3 is 2.44 bits per heavy atom. The minimum absolute atomic E-state index is 0.0747. The highest BCUT2D eigenvalue weighted by molar-refractivity contribution is 8.00. The zero-order valence-corrected chi connectivity index (χ0v) is 9.88. The molecule has 1 radical (unpaired) electrons. The molecular weight excluding hydrogens is 228 g/mol. The van der Waals surface area contributed by atoms with Crippen molar-refractivity contribution in [1.29, 1.82) is 0 Å². The van der Waals surface area contributed by atoms with E-state index in [1.54, 1.807) is 0 Å². The van der Waals surface area contributed by atoms with Crippen molar-refractivity contribution < 1.29 is 20.4 Å². The molecule has 0 aromatic heterocycles. The van der Waals surface area contributed by atoms with Gasteiger partial charge in [0, 0.05) is 5.25 Å². The van der Waals surface area contributed by atoms with Crippen molar-refractivity contribution in [2.75, 3.05) is 6.61 Å². The van der Waals surface area contributed by atoms with Gasteiger partial charge in [0.25, 0.3) is 0 Å². The predicted octanol–water partition coefficient (Wildman–Crippen LogP) is -0.450. The van der Waals surface area contributed by atoms with Crippen LogP contribution in [-0.4, -0.2) is 55.8 Å². The molecule has 5 heteroatoms. The van der Waals surface area contributed by atoms with Crippen molar-refractivity contribution >= 4 is 11.8 Å². The lowest BCUT2D eigenvalue weighted by Gasteiger charge is -2.41. The third-order valence-electron chi connectivity index (χ3n) is 3.60. The number of thioether (sulfide) groups is 1. The topological polar surface area (TPSA) is 80.9 Å². The minimum atomic E-state index is -1.14. The third-order valence-corrected chi connectivity index (χ3v) is 5.36. The Morgan fingerprint density at radius 1 is 1.12 bits per heavy atom. The van der Waals surface area contributed by atoms with Crippen molar-refractivity contribution in [3.05, 3.63) is 6.42 Å². The highest BCUT2D eigenvalue weighted by atomic mass is 32.2. The first-order valence-electron chi connectivity index (χ1n) is 5.77. The van der Waals surface area contributed by atoms with Crippen LogP contribution in [0.1, 0.15) is 19.3 Å². The fourth-order valence-corrected chi connectivity index (χ4v) is 4.20. The molecule has 0 aromatic rings. The first-order chi connectivity index (χ1) is 7.65. The van der Waals surface area contributed by atoms with Gasteiger partial charge in [0.1, 0.15) is 6.10 Å². The molecule has 1 saturated carbocycles. The van der Waals surface area contributed by atoms with Crippen LogP contribution in [0.5, 0.6) is 0 Å². The van der Waals surface area contributed by atoms with Gasteiger partial charge in [-0.3, -0.25) is 0 Å². The number of aliphatic hydroxyl groups is 4. The number of aliphatic hydroxyl groups excluding tert-OH is 4. The average Bonchev–Trinajstić information content (AvgIpc) is 2.80. The van der Waals surface area contributed by atoms with Crippen LogP contribution in [0, 0.1) is 12.3 Å². The molecule has 0 bridgehead atoms. The van der Waals surface area contributed by atoms with Gasteiger partial charge in [-0.2, -0.15) is 0 Å². The van der Waals surface area contributed by atoms with E-state index in [-0.39, 0.29) is 17.1 Å². The monoisotopic (exact) mass is 247 g/mol. The molecule has 1 heterocycles. The van der Waals surface area contributed by atoms with Crippen LogP contribution in [0.2, 0.25) is 0 Å². The average molecular weight is 247 g/mol. The summed E-state index contributed by atoms with van der Waals surface area (Å²) in [5, 5.41) is 38.1. The Morgan fingerprint density at radius 2 is 1.88 bits per heavy atom. The van der Waals surface area contributed by atoms with Gasteiger partial charge in [-0.15, -0.1) is 11.8 Å². The van der Waals surface area contributed by atoms with E-state index in [0.717, 1.165) is 19.3 Å². The second-order valence-corrected chi connectivity index (χ2v) is 6.08. The van der Waals surface area contributed by atoms with Crippen LogP contribution in [0.3, 0.4) is 0 Å². The molecule has 2 fully saturated rings. The van der Waals surface area contributed by atoms with Crippen LogP contribution >= 0.6 is 11.8 Å². The second kappa shape index (κ2) is 5.23. The second-order valence-electron chi connectivity index (χ2n) is 4.66. The zero-order chi connectivity index (χ0) is 11.7. The van der Waals surface area contributed by atoms with Gasteiger partial charge in [0.05, 0.1) is 24.1 Å². The maximum atomic E-state index is 9.96. The van der Waals surface area contributed by atoms with Crippen molar-refractivity contribution in [3.8, 4) is 0 Å². The van der Waals surface area contributed by atoms with E-state index in [1.807, 2.05) is 0 Å². The Hall–Kier alpha value is 0.190. The summed E-state index contributed by atoms with van der Waals surface area (Å²) >= 11 is 1.42. The number of rotatable bonds is 2. The molecule has 1 saturated heterocycles. The first kappa shape index (κ1) is 12.6. The molecule has 2 rings (SSSR count). The van der Waals surface area contributed by atoms with Crippen LogP contribution in [-0.2, 0) is 0 Å². The van der Waals surface area contributed by atoms with E-state index < -0.39 is 18.3 Å². The summed E-state index contributed by atoms with van der Waals surface area (Å²) in [6.07, 6.45) is 2.17. The molecule has 0 spiro atoms. The van der Waals surface area contributed by atoms with E-state index in [9.17, 15) is 15.3 Å². The Kier molecular flexibility index (Phi) is 4.13. The fourth-order valence-electron chi connectivity index (χ4n) is 2.60. The Labute approximate surface area is 99.7 Å². The smallest absolute Gasteiger partial charge is 0.108 e. The van der Waals surface area contributed by atoms with Crippen molar-refractivity contribution in [1.82, 2.24) is 0 Å². The van der Waals surface area contributed by atoms with E-state index >= 15 is 0 Å². The first-order valence-corrected chi connectivity index (χ1v) is 6.71. The minimum Gasteiger partial charge on any atom is -0.395 e. The van der Waals surface area contributed by atoms with E-state index in [0.29, 0.717) is 5.92 Å². The standard InChI is InChI=1S/C11H19O4S/c12-5-7-8(13)9(14)10(15)11(16-7)6-3-1-2-4-6/h1,6-15H,2-5H2/t6?,7-,8+,9+,10-,11+/m1/s1. The molecule has 93 valence electrons. The van der Waals surface area contributed by atoms with E-state index in [2.05, 4.69) is 6.42 Å². The molecule has 4 nitrogen and oxygen atoms in total. The maximum Gasteiger partial charge on any atom is 0.108 e. The summed E-state index contributed by atoms with van der Waals surface area (Å²) in [6, 6.07) is 0. The van der Waals surface area contributed by atoms with E-state index in [4.69, 9.17) is 5.11 Å². The third kappa shape index (κ3) is 2.24. The molecular formula is C11H19O4S. The molecule has 1 aliphatic carbocycles. The van der Waals surface area contributed by atoms with Crippen LogP contribution in [0.15, 0.2) is 0 Å². The summed E-state index contributed by atoms with van der Waals surface area (Å²) < 4.78 is 0. The van der Waals surface area contributed by atoms with Crippen LogP contribution < -0.4 is 0 Å². The molecule has 16 heavy (non-hydrogen) atoms. The highest BCUT2D eigenvalue weighted by Crippen LogP contribution is 2.42. The van der Waals surface area contributed by atoms with Gasteiger partial charge in [0.15, 0.2) is 0 Å². The van der Waals surface area contributed by atoms with Gasteiger partial charge in [-0.05, 0) is 31.6 Å². The van der Waals surface area contributed by atoms with Crippen molar-refractivity contribution in [2.24, 2.45) is 5.92 Å².